The van der Waals surface area contributed by atoms with Gasteiger partial charge in [0.25, 0.3) is 0 Å². The molecule has 1 aliphatic rings. The maximum atomic E-state index is 5.24. The maximum Gasteiger partial charge on any atom is 0.0980 e. The summed E-state index contributed by atoms with van der Waals surface area (Å²) >= 11 is 0. The Morgan fingerprint density at radius 2 is 0.918 bits per heavy atom. The summed E-state index contributed by atoms with van der Waals surface area (Å²) in [7, 11) is 0. The first-order valence-corrected chi connectivity index (χ1v) is 16.8. The molecule has 0 N–H and O–H groups in total. The van der Waals surface area contributed by atoms with E-state index in [0.717, 1.165) is 39.2 Å². The molecule has 3 heteroatoms. The molecule has 1 aliphatic carbocycles. The third-order valence-corrected chi connectivity index (χ3v) is 10.8. The van der Waals surface area contributed by atoms with Gasteiger partial charge >= 0.3 is 0 Å². The van der Waals surface area contributed by atoms with E-state index in [9.17, 15) is 0 Å². The van der Waals surface area contributed by atoms with Gasteiger partial charge in [-0.3, -0.25) is 0 Å². The fourth-order valence-corrected chi connectivity index (χ4v) is 8.82. The van der Waals surface area contributed by atoms with Crippen LogP contribution in [0.25, 0.3) is 115 Å². The van der Waals surface area contributed by atoms with Crippen LogP contribution in [0, 0.1) is 0 Å². The van der Waals surface area contributed by atoms with Crippen molar-refractivity contribution in [2.45, 2.75) is 0 Å². The summed E-state index contributed by atoms with van der Waals surface area (Å²) in [6.45, 7) is 0. The Morgan fingerprint density at radius 3 is 1.65 bits per heavy atom. The summed E-state index contributed by atoms with van der Waals surface area (Å²) < 4.78 is 2.48. The van der Waals surface area contributed by atoms with Gasteiger partial charge in [-0.2, -0.15) is 0 Å². The number of fused-ring (bicyclic) bond motifs is 16. The zero-order chi connectivity index (χ0) is 31.8. The van der Waals surface area contributed by atoms with Crippen molar-refractivity contribution in [2.24, 2.45) is 0 Å². The molecule has 0 fully saturated rings. The molecule has 0 aliphatic heterocycles. The second-order valence-electron chi connectivity index (χ2n) is 13.3. The van der Waals surface area contributed by atoms with E-state index < -0.39 is 0 Å². The van der Waals surface area contributed by atoms with Crippen molar-refractivity contribution in [3.8, 4) is 28.2 Å². The second kappa shape index (κ2) is 9.06. The molecule has 0 saturated carbocycles. The number of aromatic nitrogens is 3. The molecule has 0 atom stereocenters. The molecule has 12 rings (SSSR count). The zero-order valence-electron chi connectivity index (χ0n) is 26.3. The maximum absolute atomic E-state index is 5.24. The van der Waals surface area contributed by atoms with Gasteiger partial charge in [-0.25, -0.2) is 9.97 Å². The molecule has 0 saturated heterocycles. The van der Waals surface area contributed by atoms with E-state index >= 15 is 0 Å². The molecular formula is C46H25N3. The number of nitrogens with zero attached hydrogens (tertiary/aromatic N) is 3. The van der Waals surface area contributed by atoms with Gasteiger partial charge in [0, 0.05) is 33.0 Å². The highest BCUT2D eigenvalue weighted by atomic mass is 15.0. The Labute approximate surface area is 280 Å². The lowest BCUT2D eigenvalue weighted by Crippen LogP contribution is -1.95. The van der Waals surface area contributed by atoms with Crippen LogP contribution in [-0.2, 0) is 0 Å². The fraction of sp³-hybridized carbons (Fsp3) is 0. The van der Waals surface area contributed by atoms with Crippen molar-refractivity contribution >= 4 is 86.7 Å². The van der Waals surface area contributed by atoms with Gasteiger partial charge in [0.1, 0.15) is 0 Å². The molecule has 49 heavy (non-hydrogen) atoms. The van der Waals surface area contributed by atoms with Crippen LogP contribution in [0.1, 0.15) is 0 Å². The lowest BCUT2D eigenvalue weighted by Gasteiger charge is -2.14. The van der Waals surface area contributed by atoms with Crippen LogP contribution in [0.3, 0.4) is 0 Å². The number of hydrogen-bond acceptors (Lipinski definition) is 2. The highest BCUT2D eigenvalue weighted by molar-refractivity contribution is 6.33. The van der Waals surface area contributed by atoms with Crippen LogP contribution in [0.2, 0.25) is 0 Å². The minimum absolute atomic E-state index is 0.919. The van der Waals surface area contributed by atoms with Gasteiger partial charge < -0.3 is 4.57 Å². The minimum atomic E-state index is 0.919. The molecule has 2 heterocycles. The first-order chi connectivity index (χ1) is 24.3. The van der Waals surface area contributed by atoms with Gasteiger partial charge in [-0.1, -0.05) is 115 Å². The average Bonchev–Trinajstić information content (AvgIpc) is 3.67. The smallest absolute Gasteiger partial charge is 0.0980 e. The summed E-state index contributed by atoms with van der Waals surface area (Å²) in [5, 5.41) is 15.2. The first kappa shape index (κ1) is 25.5. The Kier molecular flexibility index (Phi) is 4.72. The fourth-order valence-electron chi connectivity index (χ4n) is 8.82. The topological polar surface area (TPSA) is 30.7 Å². The molecule has 0 unspecified atom stereocenters. The average molecular weight is 620 g/mol. The summed E-state index contributed by atoms with van der Waals surface area (Å²) in [5.41, 5.74) is 9.61. The Bertz CT molecular complexity index is 3240. The van der Waals surface area contributed by atoms with Gasteiger partial charge in [0.2, 0.25) is 0 Å². The number of rotatable bonds is 1. The minimum Gasteiger partial charge on any atom is -0.309 e. The largest absolute Gasteiger partial charge is 0.309 e. The summed E-state index contributed by atoms with van der Waals surface area (Å²) in [6, 6.07) is 55.3. The van der Waals surface area contributed by atoms with Crippen LogP contribution in [0.4, 0.5) is 0 Å². The molecule has 0 spiro atoms. The van der Waals surface area contributed by atoms with Gasteiger partial charge in [-0.05, 0) is 84.9 Å². The summed E-state index contributed by atoms with van der Waals surface area (Å²) in [6.07, 6.45) is 0. The van der Waals surface area contributed by atoms with Crippen LogP contribution < -0.4 is 0 Å². The van der Waals surface area contributed by atoms with E-state index in [1.54, 1.807) is 0 Å². The van der Waals surface area contributed by atoms with E-state index in [4.69, 9.17) is 9.97 Å². The predicted molar refractivity (Wildman–Crippen MR) is 206 cm³/mol. The van der Waals surface area contributed by atoms with Crippen molar-refractivity contribution in [3.05, 3.63) is 152 Å². The highest BCUT2D eigenvalue weighted by Crippen LogP contribution is 2.51. The quantitative estimate of drug-likeness (QED) is 0.171. The zero-order valence-corrected chi connectivity index (χ0v) is 26.3. The molecule has 3 nitrogen and oxygen atoms in total. The van der Waals surface area contributed by atoms with Gasteiger partial charge in [0.15, 0.2) is 0 Å². The van der Waals surface area contributed by atoms with Crippen molar-refractivity contribution < 1.29 is 0 Å². The van der Waals surface area contributed by atoms with E-state index in [1.807, 2.05) is 12.1 Å². The summed E-state index contributed by atoms with van der Waals surface area (Å²) in [5.74, 6) is 0. The van der Waals surface area contributed by atoms with Crippen molar-refractivity contribution in [2.75, 3.05) is 0 Å². The Morgan fingerprint density at radius 1 is 0.347 bits per heavy atom. The van der Waals surface area contributed by atoms with E-state index in [-0.39, 0.29) is 0 Å². The summed E-state index contributed by atoms with van der Waals surface area (Å²) in [4.78, 5) is 10.4. The van der Waals surface area contributed by atoms with Crippen molar-refractivity contribution in [3.63, 3.8) is 0 Å². The normalized spacial score (nSPS) is 12.5. The first-order valence-electron chi connectivity index (χ1n) is 16.8. The van der Waals surface area contributed by atoms with Gasteiger partial charge in [-0.15, -0.1) is 0 Å². The van der Waals surface area contributed by atoms with Gasteiger partial charge in [0.05, 0.1) is 33.5 Å². The van der Waals surface area contributed by atoms with Crippen LogP contribution in [-0.4, -0.2) is 14.5 Å². The van der Waals surface area contributed by atoms with Crippen LogP contribution in [0.15, 0.2) is 152 Å². The number of para-hydroxylation sites is 2. The molecule has 224 valence electrons. The van der Waals surface area contributed by atoms with Crippen LogP contribution in [0.5, 0.6) is 0 Å². The standard InChI is InChI=1S/C46H25N3/c1-2-11-28-26(10-1)20-23-40-43(28)44-34-16-9-17-35-42(34)37(46-45(35)47-38-18-7-8-19-39(38)48-46)25-41(44)49(40)27-21-22-33-31-14-4-3-12-29(31)30-13-5-6-15-32(30)36(33)24-27/h1-25H. The molecule has 11 aromatic rings. The molecule has 0 radical (unpaired) electrons. The third kappa shape index (κ3) is 3.22. The number of benzene rings is 9. The van der Waals surface area contributed by atoms with Crippen molar-refractivity contribution in [1.29, 1.82) is 0 Å². The number of hydrogen-bond donors (Lipinski definition) is 0. The van der Waals surface area contributed by atoms with Crippen molar-refractivity contribution in [1.82, 2.24) is 14.5 Å². The molecule has 0 amide bonds. The lowest BCUT2D eigenvalue weighted by molar-refractivity contribution is 1.19. The third-order valence-electron chi connectivity index (χ3n) is 10.8. The Hall–Kier alpha value is -6.58. The lowest BCUT2D eigenvalue weighted by atomic mass is 9.94. The van der Waals surface area contributed by atoms with E-state index in [0.29, 0.717) is 0 Å². The van der Waals surface area contributed by atoms with Crippen LogP contribution >= 0.6 is 0 Å². The predicted octanol–water partition coefficient (Wildman–Crippen LogP) is 12.1. The van der Waals surface area contributed by atoms with E-state index in [2.05, 4.69) is 144 Å². The monoisotopic (exact) mass is 619 g/mol. The SMILES string of the molecule is c1ccc2c(c1)ccc1c2c2c3cccc4c3c(cc2n1-c1ccc2c3ccccc3c3ccccc3c2c1)-c1nc2ccccc2nc1-4. The molecule has 0 bridgehead atoms. The van der Waals surface area contributed by atoms with E-state index in [1.165, 1.54) is 75.7 Å². The highest BCUT2D eigenvalue weighted by Gasteiger charge is 2.28. The molecule has 9 aromatic carbocycles. The Balaban J connectivity index is 1.27. The molecule has 2 aromatic heterocycles. The second-order valence-corrected chi connectivity index (χ2v) is 13.3. The molecular weight excluding hydrogens is 595 g/mol.